The molecule has 2 atom stereocenters. The fraction of sp³-hybridized carbons (Fsp3) is 1.00. The van der Waals surface area contributed by atoms with E-state index in [1.807, 2.05) is 7.05 Å². The van der Waals surface area contributed by atoms with Crippen molar-refractivity contribution >= 4 is 0 Å². The molecule has 0 rings (SSSR count). The molecular weight excluding hydrogens is 138 g/mol. The molecule has 0 aliphatic rings. The van der Waals surface area contributed by atoms with Crippen LogP contribution in [-0.2, 0) is 0 Å². The second-order valence-electron chi connectivity index (χ2n) is 2.99. The first kappa shape index (κ1) is 10.9. The lowest BCUT2D eigenvalue weighted by Crippen LogP contribution is -2.49. The SMILES string of the molecule is CCC(C)N(C)C(C)NNC. The third-order valence-corrected chi connectivity index (χ3v) is 2.25. The van der Waals surface area contributed by atoms with Crippen LogP contribution in [0.5, 0.6) is 0 Å². The summed E-state index contributed by atoms with van der Waals surface area (Å²) in [4.78, 5) is 2.30. The smallest absolute Gasteiger partial charge is 0.0700 e. The Bertz CT molecular complexity index is 95.3. The largest absolute Gasteiger partial charge is 0.288 e. The van der Waals surface area contributed by atoms with Gasteiger partial charge in [0, 0.05) is 6.04 Å². The Morgan fingerprint density at radius 3 is 2.27 bits per heavy atom. The molecule has 0 saturated heterocycles. The van der Waals surface area contributed by atoms with Crippen molar-refractivity contribution in [2.24, 2.45) is 0 Å². The molecule has 68 valence electrons. The highest BCUT2D eigenvalue weighted by molar-refractivity contribution is 4.64. The number of nitrogens with zero attached hydrogens (tertiary/aromatic N) is 1. The third-order valence-electron chi connectivity index (χ3n) is 2.25. The quantitative estimate of drug-likeness (QED) is 0.459. The van der Waals surface area contributed by atoms with Crippen molar-refractivity contribution in [3.05, 3.63) is 0 Å². The molecule has 0 amide bonds. The Hall–Kier alpha value is -0.120. The summed E-state index contributed by atoms with van der Waals surface area (Å²) in [6.07, 6.45) is 1.57. The monoisotopic (exact) mass is 159 g/mol. The molecule has 0 aromatic carbocycles. The van der Waals surface area contributed by atoms with Crippen molar-refractivity contribution in [2.75, 3.05) is 14.1 Å². The van der Waals surface area contributed by atoms with Crippen molar-refractivity contribution < 1.29 is 0 Å². The minimum Gasteiger partial charge on any atom is -0.288 e. The number of nitrogens with one attached hydrogen (secondary N) is 2. The Kier molecular flexibility index (Phi) is 5.46. The Balaban J connectivity index is 3.70. The summed E-state index contributed by atoms with van der Waals surface area (Å²) in [7, 11) is 4.02. The molecule has 0 heterocycles. The lowest BCUT2D eigenvalue weighted by atomic mass is 10.2. The number of hydrazine groups is 1. The summed E-state index contributed by atoms with van der Waals surface area (Å²) >= 11 is 0. The average molecular weight is 159 g/mol. The molecule has 0 saturated carbocycles. The highest BCUT2D eigenvalue weighted by Crippen LogP contribution is 2.02. The minimum absolute atomic E-state index is 0.384. The van der Waals surface area contributed by atoms with Crippen LogP contribution in [0, 0.1) is 0 Å². The van der Waals surface area contributed by atoms with Gasteiger partial charge in [0.25, 0.3) is 0 Å². The molecule has 0 aromatic heterocycles. The van der Waals surface area contributed by atoms with E-state index in [1.165, 1.54) is 6.42 Å². The standard InChI is InChI=1S/C8H21N3/c1-6-7(2)11(5)8(3)10-9-4/h7-10H,6H2,1-5H3. The van der Waals surface area contributed by atoms with Crippen LogP contribution in [-0.4, -0.2) is 31.2 Å². The van der Waals surface area contributed by atoms with Gasteiger partial charge >= 0.3 is 0 Å². The van der Waals surface area contributed by atoms with Crippen LogP contribution in [0.4, 0.5) is 0 Å². The Labute approximate surface area is 70.1 Å². The molecule has 0 fully saturated rings. The molecule has 3 heteroatoms. The predicted molar refractivity (Wildman–Crippen MR) is 49.2 cm³/mol. The van der Waals surface area contributed by atoms with Crippen molar-refractivity contribution in [1.82, 2.24) is 15.8 Å². The molecule has 11 heavy (non-hydrogen) atoms. The summed E-state index contributed by atoms with van der Waals surface area (Å²) in [5.41, 5.74) is 6.07. The fourth-order valence-corrected chi connectivity index (χ4v) is 0.980. The van der Waals surface area contributed by atoms with Gasteiger partial charge in [-0.25, -0.2) is 5.43 Å². The van der Waals surface area contributed by atoms with Crippen molar-refractivity contribution in [1.29, 1.82) is 0 Å². The first-order valence-electron chi connectivity index (χ1n) is 4.27. The van der Waals surface area contributed by atoms with Gasteiger partial charge < -0.3 is 0 Å². The zero-order valence-electron chi connectivity index (χ0n) is 8.31. The predicted octanol–water partition coefficient (Wildman–Crippen LogP) is 0.787. The third kappa shape index (κ3) is 3.70. The second kappa shape index (κ2) is 5.52. The molecule has 0 bridgehead atoms. The maximum Gasteiger partial charge on any atom is 0.0700 e. The topological polar surface area (TPSA) is 27.3 Å². The van der Waals surface area contributed by atoms with Gasteiger partial charge in [-0.3, -0.25) is 10.3 Å². The Morgan fingerprint density at radius 2 is 1.91 bits per heavy atom. The van der Waals surface area contributed by atoms with Crippen molar-refractivity contribution in [3.8, 4) is 0 Å². The summed E-state index contributed by atoms with van der Waals surface area (Å²) < 4.78 is 0. The molecule has 2 unspecified atom stereocenters. The molecule has 0 spiro atoms. The van der Waals surface area contributed by atoms with Gasteiger partial charge in [0.15, 0.2) is 0 Å². The van der Waals surface area contributed by atoms with Crippen LogP contribution < -0.4 is 10.9 Å². The lowest BCUT2D eigenvalue weighted by molar-refractivity contribution is 0.153. The first-order valence-corrected chi connectivity index (χ1v) is 4.27. The summed E-state index contributed by atoms with van der Waals surface area (Å²) in [6.45, 7) is 6.57. The van der Waals surface area contributed by atoms with E-state index in [1.54, 1.807) is 0 Å². The lowest BCUT2D eigenvalue weighted by Gasteiger charge is -2.30. The van der Waals surface area contributed by atoms with Gasteiger partial charge in [0.05, 0.1) is 6.17 Å². The van der Waals surface area contributed by atoms with Crippen LogP contribution in [0.25, 0.3) is 0 Å². The summed E-state index contributed by atoms with van der Waals surface area (Å²) in [5, 5.41) is 0. The van der Waals surface area contributed by atoms with Crippen LogP contribution in [0.3, 0.4) is 0 Å². The maximum atomic E-state index is 3.14. The number of hydrogen-bond donors (Lipinski definition) is 2. The van der Waals surface area contributed by atoms with E-state index in [9.17, 15) is 0 Å². The van der Waals surface area contributed by atoms with E-state index in [0.29, 0.717) is 12.2 Å². The number of hydrogen-bond acceptors (Lipinski definition) is 3. The second-order valence-corrected chi connectivity index (χ2v) is 2.99. The van der Waals surface area contributed by atoms with E-state index >= 15 is 0 Å². The highest BCUT2D eigenvalue weighted by atomic mass is 15.4. The van der Waals surface area contributed by atoms with Gasteiger partial charge in [-0.05, 0) is 34.4 Å². The first-order chi connectivity index (χ1) is 5.13. The normalized spacial score (nSPS) is 16.9. The summed E-state index contributed by atoms with van der Waals surface area (Å²) in [6, 6.07) is 0.630. The van der Waals surface area contributed by atoms with Crippen LogP contribution >= 0.6 is 0 Å². The highest BCUT2D eigenvalue weighted by Gasteiger charge is 2.12. The molecule has 0 radical (unpaired) electrons. The zero-order valence-corrected chi connectivity index (χ0v) is 8.31. The van der Waals surface area contributed by atoms with Gasteiger partial charge in [0.1, 0.15) is 0 Å². The van der Waals surface area contributed by atoms with E-state index in [4.69, 9.17) is 0 Å². The number of rotatable bonds is 5. The molecular formula is C8H21N3. The molecule has 3 nitrogen and oxygen atoms in total. The molecule has 0 aliphatic heterocycles. The van der Waals surface area contributed by atoms with Gasteiger partial charge in [-0.2, -0.15) is 0 Å². The van der Waals surface area contributed by atoms with Crippen LogP contribution in [0.15, 0.2) is 0 Å². The van der Waals surface area contributed by atoms with E-state index in [2.05, 4.69) is 43.6 Å². The van der Waals surface area contributed by atoms with Gasteiger partial charge in [-0.1, -0.05) is 6.92 Å². The summed E-state index contributed by atoms with van der Waals surface area (Å²) in [5.74, 6) is 0. The minimum atomic E-state index is 0.384. The Morgan fingerprint density at radius 1 is 1.36 bits per heavy atom. The van der Waals surface area contributed by atoms with E-state index in [0.717, 1.165) is 0 Å². The van der Waals surface area contributed by atoms with Gasteiger partial charge in [-0.15, -0.1) is 0 Å². The molecule has 0 aliphatic carbocycles. The zero-order chi connectivity index (χ0) is 8.85. The maximum absolute atomic E-state index is 3.14. The van der Waals surface area contributed by atoms with Crippen molar-refractivity contribution in [3.63, 3.8) is 0 Å². The fourth-order valence-electron chi connectivity index (χ4n) is 0.980. The van der Waals surface area contributed by atoms with Crippen LogP contribution in [0.1, 0.15) is 27.2 Å². The molecule has 2 N–H and O–H groups in total. The van der Waals surface area contributed by atoms with E-state index in [-0.39, 0.29) is 0 Å². The molecule has 0 aromatic rings. The van der Waals surface area contributed by atoms with Gasteiger partial charge in [0.2, 0.25) is 0 Å². The van der Waals surface area contributed by atoms with Crippen LogP contribution in [0.2, 0.25) is 0 Å². The van der Waals surface area contributed by atoms with E-state index < -0.39 is 0 Å². The van der Waals surface area contributed by atoms with Crippen molar-refractivity contribution in [2.45, 2.75) is 39.4 Å². The average Bonchev–Trinajstić information content (AvgIpc) is 2.02.